The fraction of sp³-hybridized carbons (Fsp3) is 0.600. The number of aliphatic hydroxyl groups is 1. The van der Waals surface area contributed by atoms with Crippen molar-refractivity contribution in [1.82, 2.24) is 5.32 Å². The number of nitrogens with one attached hydrogen (secondary N) is 1. The van der Waals surface area contributed by atoms with Gasteiger partial charge in [0.05, 0.1) is 13.2 Å². The maximum absolute atomic E-state index is 9.29. The van der Waals surface area contributed by atoms with Gasteiger partial charge in [-0.1, -0.05) is 6.07 Å². The first-order valence-electron chi connectivity index (χ1n) is 6.71. The topological polar surface area (TPSA) is 44.7 Å². The first kappa shape index (κ1) is 15.8. The first-order chi connectivity index (χ1) is 9.00. The molecule has 0 saturated heterocycles. The summed E-state index contributed by atoms with van der Waals surface area (Å²) in [6.07, 6.45) is 1.79. The molecule has 4 nitrogen and oxygen atoms in total. The number of rotatable bonds is 8. The SMILES string of the molecule is CNC(C)(CO)CCCOc1cccc(N(C)C)c1. The van der Waals surface area contributed by atoms with Crippen LogP contribution < -0.4 is 15.0 Å². The van der Waals surface area contributed by atoms with Crippen LogP contribution in [-0.4, -0.2) is 45.0 Å². The number of nitrogens with zero attached hydrogens (tertiary/aromatic N) is 1. The minimum absolute atomic E-state index is 0.139. The van der Waals surface area contributed by atoms with Crippen LogP contribution in [0, 0.1) is 0 Å². The summed E-state index contributed by atoms with van der Waals surface area (Å²) < 4.78 is 5.75. The van der Waals surface area contributed by atoms with Gasteiger partial charge in [0.25, 0.3) is 0 Å². The van der Waals surface area contributed by atoms with E-state index in [4.69, 9.17) is 4.74 Å². The van der Waals surface area contributed by atoms with Crippen molar-refractivity contribution in [3.05, 3.63) is 24.3 Å². The second kappa shape index (κ2) is 7.36. The molecular formula is C15H26N2O2. The molecule has 4 heteroatoms. The lowest BCUT2D eigenvalue weighted by Crippen LogP contribution is -2.43. The zero-order chi connectivity index (χ0) is 14.3. The fourth-order valence-electron chi connectivity index (χ4n) is 1.79. The molecule has 0 fully saturated rings. The van der Waals surface area contributed by atoms with E-state index < -0.39 is 0 Å². The van der Waals surface area contributed by atoms with Crippen LogP contribution in [0.1, 0.15) is 19.8 Å². The second-order valence-corrected chi connectivity index (χ2v) is 5.31. The number of hydrogen-bond donors (Lipinski definition) is 2. The lowest BCUT2D eigenvalue weighted by Gasteiger charge is -2.26. The molecule has 2 N–H and O–H groups in total. The summed E-state index contributed by atoms with van der Waals surface area (Å²) in [5, 5.41) is 12.4. The monoisotopic (exact) mass is 266 g/mol. The molecule has 1 unspecified atom stereocenters. The Bertz CT molecular complexity index is 376. The highest BCUT2D eigenvalue weighted by Gasteiger charge is 2.19. The molecule has 1 atom stereocenters. The van der Waals surface area contributed by atoms with E-state index in [0.717, 1.165) is 24.3 Å². The Balaban J connectivity index is 2.39. The lowest BCUT2D eigenvalue weighted by atomic mass is 9.97. The van der Waals surface area contributed by atoms with Crippen LogP contribution in [0.4, 0.5) is 5.69 Å². The third kappa shape index (κ3) is 5.09. The molecule has 1 aromatic rings. The highest BCUT2D eigenvalue weighted by Crippen LogP contribution is 2.20. The number of ether oxygens (including phenoxy) is 1. The van der Waals surface area contributed by atoms with Crippen LogP contribution >= 0.6 is 0 Å². The Hall–Kier alpha value is -1.26. The van der Waals surface area contributed by atoms with Crippen molar-refractivity contribution >= 4 is 5.69 Å². The van der Waals surface area contributed by atoms with Crippen molar-refractivity contribution in [1.29, 1.82) is 0 Å². The van der Waals surface area contributed by atoms with Crippen LogP contribution in [0.25, 0.3) is 0 Å². The summed E-state index contributed by atoms with van der Waals surface area (Å²) in [4.78, 5) is 2.05. The van der Waals surface area contributed by atoms with Crippen molar-refractivity contribution in [2.45, 2.75) is 25.3 Å². The summed E-state index contributed by atoms with van der Waals surface area (Å²) in [7, 11) is 5.90. The molecular weight excluding hydrogens is 240 g/mol. The van der Waals surface area contributed by atoms with Gasteiger partial charge < -0.3 is 20.1 Å². The Kier molecular flexibility index (Phi) is 6.12. The molecule has 0 aliphatic heterocycles. The van der Waals surface area contributed by atoms with E-state index in [9.17, 15) is 5.11 Å². The predicted molar refractivity (Wildman–Crippen MR) is 80.0 cm³/mol. The van der Waals surface area contributed by atoms with E-state index in [1.165, 1.54) is 0 Å². The summed E-state index contributed by atoms with van der Waals surface area (Å²) in [5.41, 5.74) is 0.919. The van der Waals surface area contributed by atoms with E-state index in [2.05, 4.69) is 16.3 Å². The van der Waals surface area contributed by atoms with E-state index in [1.807, 2.05) is 46.3 Å². The van der Waals surface area contributed by atoms with Crippen LogP contribution in [0.5, 0.6) is 5.75 Å². The number of benzene rings is 1. The van der Waals surface area contributed by atoms with Gasteiger partial charge in [0.1, 0.15) is 5.75 Å². The van der Waals surface area contributed by atoms with Gasteiger partial charge in [-0.25, -0.2) is 0 Å². The molecule has 0 saturated carbocycles. The molecule has 0 bridgehead atoms. The zero-order valence-electron chi connectivity index (χ0n) is 12.4. The maximum atomic E-state index is 9.29. The number of aliphatic hydroxyl groups excluding tert-OH is 1. The molecule has 0 amide bonds. The third-order valence-corrected chi connectivity index (χ3v) is 3.43. The Morgan fingerprint density at radius 1 is 1.37 bits per heavy atom. The molecule has 0 aliphatic carbocycles. The van der Waals surface area contributed by atoms with Crippen molar-refractivity contribution in [2.75, 3.05) is 39.3 Å². The van der Waals surface area contributed by atoms with Gasteiger partial charge in [-0.2, -0.15) is 0 Å². The first-order valence-corrected chi connectivity index (χ1v) is 6.71. The highest BCUT2D eigenvalue weighted by molar-refractivity contribution is 5.49. The van der Waals surface area contributed by atoms with Crippen LogP contribution in [-0.2, 0) is 0 Å². The molecule has 19 heavy (non-hydrogen) atoms. The van der Waals surface area contributed by atoms with Gasteiger partial charge in [0, 0.05) is 31.4 Å². The van der Waals surface area contributed by atoms with Crippen molar-refractivity contribution in [3.8, 4) is 5.75 Å². The molecule has 0 heterocycles. The molecule has 0 aromatic heterocycles. The second-order valence-electron chi connectivity index (χ2n) is 5.31. The number of likely N-dealkylation sites (N-methyl/N-ethyl adjacent to an activating group) is 1. The maximum Gasteiger partial charge on any atom is 0.121 e. The minimum Gasteiger partial charge on any atom is -0.494 e. The average molecular weight is 266 g/mol. The molecule has 1 rings (SSSR count). The van der Waals surface area contributed by atoms with E-state index >= 15 is 0 Å². The van der Waals surface area contributed by atoms with Gasteiger partial charge in [0.2, 0.25) is 0 Å². The summed E-state index contributed by atoms with van der Waals surface area (Å²) in [6, 6.07) is 8.05. The average Bonchev–Trinajstić information content (AvgIpc) is 2.43. The van der Waals surface area contributed by atoms with E-state index in [1.54, 1.807) is 0 Å². The number of anilines is 1. The van der Waals surface area contributed by atoms with Gasteiger partial charge in [-0.15, -0.1) is 0 Å². The Labute approximate surface area is 116 Å². The molecule has 0 spiro atoms. The minimum atomic E-state index is -0.213. The van der Waals surface area contributed by atoms with E-state index in [-0.39, 0.29) is 12.1 Å². The van der Waals surface area contributed by atoms with Gasteiger partial charge in [0.15, 0.2) is 0 Å². The zero-order valence-corrected chi connectivity index (χ0v) is 12.4. The summed E-state index contributed by atoms with van der Waals surface area (Å²) in [6.45, 7) is 2.81. The smallest absolute Gasteiger partial charge is 0.121 e. The Morgan fingerprint density at radius 2 is 2.11 bits per heavy atom. The fourth-order valence-corrected chi connectivity index (χ4v) is 1.79. The van der Waals surface area contributed by atoms with Gasteiger partial charge in [-0.05, 0) is 38.9 Å². The molecule has 0 radical (unpaired) electrons. The van der Waals surface area contributed by atoms with Crippen LogP contribution in [0.15, 0.2) is 24.3 Å². The van der Waals surface area contributed by atoms with Crippen molar-refractivity contribution in [2.24, 2.45) is 0 Å². The van der Waals surface area contributed by atoms with Gasteiger partial charge in [-0.3, -0.25) is 0 Å². The third-order valence-electron chi connectivity index (χ3n) is 3.43. The largest absolute Gasteiger partial charge is 0.494 e. The standard InChI is InChI=1S/C15H26N2O2/c1-15(12-18,16-2)9-6-10-19-14-8-5-7-13(11-14)17(3)4/h5,7-8,11,16,18H,6,9-10,12H2,1-4H3. The van der Waals surface area contributed by atoms with E-state index in [0.29, 0.717) is 6.61 Å². The predicted octanol–water partition coefficient (Wildman–Crippen LogP) is 1.88. The van der Waals surface area contributed by atoms with Crippen LogP contribution in [0.2, 0.25) is 0 Å². The van der Waals surface area contributed by atoms with Crippen molar-refractivity contribution in [3.63, 3.8) is 0 Å². The quantitative estimate of drug-likeness (QED) is 0.705. The molecule has 0 aliphatic rings. The lowest BCUT2D eigenvalue weighted by molar-refractivity contribution is 0.163. The summed E-state index contributed by atoms with van der Waals surface area (Å²) >= 11 is 0. The number of hydrogen-bond acceptors (Lipinski definition) is 4. The van der Waals surface area contributed by atoms with Crippen LogP contribution in [0.3, 0.4) is 0 Å². The summed E-state index contributed by atoms with van der Waals surface area (Å²) in [5.74, 6) is 0.890. The molecule has 1 aromatic carbocycles. The normalized spacial score (nSPS) is 13.9. The van der Waals surface area contributed by atoms with Crippen molar-refractivity contribution < 1.29 is 9.84 Å². The van der Waals surface area contributed by atoms with Gasteiger partial charge >= 0.3 is 0 Å². The highest BCUT2D eigenvalue weighted by atomic mass is 16.5. The Morgan fingerprint density at radius 3 is 2.68 bits per heavy atom. The molecule has 108 valence electrons.